The number of carbonyl (C=O) groups is 1. The van der Waals surface area contributed by atoms with Crippen LogP contribution in [0.2, 0.25) is 10.0 Å². The van der Waals surface area contributed by atoms with E-state index in [9.17, 15) is 4.79 Å². The first-order valence-electron chi connectivity index (χ1n) is 7.65. The number of nitrogens with one attached hydrogen (secondary N) is 1. The number of amides is 1. The highest BCUT2D eigenvalue weighted by Gasteiger charge is 2.13. The van der Waals surface area contributed by atoms with Gasteiger partial charge >= 0.3 is 0 Å². The lowest BCUT2D eigenvalue weighted by Gasteiger charge is -2.12. The Kier molecular flexibility index (Phi) is 5.59. The molecule has 3 nitrogen and oxygen atoms in total. The molecule has 1 N–H and O–H groups in total. The first kappa shape index (κ1) is 17.3. The third-order valence-corrected chi connectivity index (χ3v) is 4.14. The molecule has 5 heteroatoms. The van der Waals surface area contributed by atoms with Crippen molar-refractivity contribution < 1.29 is 9.53 Å². The van der Waals surface area contributed by atoms with Crippen LogP contribution in [0.1, 0.15) is 15.9 Å². The lowest BCUT2D eigenvalue weighted by Crippen LogP contribution is -2.14. The summed E-state index contributed by atoms with van der Waals surface area (Å²) in [5.74, 6) is 0.224. The molecule has 0 atom stereocenters. The summed E-state index contributed by atoms with van der Waals surface area (Å²) < 4.78 is 5.82. The minimum absolute atomic E-state index is 0.278. The van der Waals surface area contributed by atoms with Gasteiger partial charge in [0, 0.05) is 5.02 Å². The van der Waals surface area contributed by atoms with Gasteiger partial charge in [-0.05, 0) is 42.0 Å². The fourth-order valence-electron chi connectivity index (χ4n) is 2.27. The molecular formula is C20H15Cl2NO2. The van der Waals surface area contributed by atoms with Gasteiger partial charge in [0.2, 0.25) is 0 Å². The molecule has 0 radical (unpaired) electrons. The van der Waals surface area contributed by atoms with Gasteiger partial charge in [-0.3, -0.25) is 4.79 Å². The van der Waals surface area contributed by atoms with Crippen molar-refractivity contribution in [3.05, 3.63) is 94.0 Å². The summed E-state index contributed by atoms with van der Waals surface area (Å²) in [4.78, 5) is 12.6. The van der Waals surface area contributed by atoms with E-state index in [1.54, 1.807) is 48.5 Å². The van der Waals surface area contributed by atoms with E-state index in [1.807, 2.05) is 24.3 Å². The fourth-order valence-corrected chi connectivity index (χ4v) is 2.58. The van der Waals surface area contributed by atoms with Crippen LogP contribution in [0.25, 0.3) is 0 Å². The van der Waals surface area contributed by atoms with Crippen LogP contribution in [0, 0.1) is 0 Å². The second-order valence-corrected chi connectivity index (χ2v) is 6.19. The highest BCUT2D eigenvalue weighted by atomic mass is 35.5. The Balaban J connectivity index is 1.75. The largest absolute Gasteiger partial charge is 0.488 e. The lowest BCUT2D eigenvalue weighted by atomic mass is 10.1. The van der Waals surface area contributed by atoms with Gasteiger partial charge in [-0.1, -0.05) is 59.6 Å². The Bertz CT molecular complexity index is 879. The molecule has 0 heterocycles. The molecule has 25 heavy (non-hydrogen) atoms. The third-order valence-electron chi connectivity index (χ3n) is 3.56. The highest BCUT2D eigenvalue weighted by molar-refractivity contribution is 6.34. The summed E-state index contributed by atoms with van der Waals surface area (Å²) in [7, 11) is 0. The van der Waals surface area contributed by atoms with Crippen molar-refractivity contribution in [1.82, 2.24) is 0 Å². The SMILES string of the molecule is O=C(Nc1ccccc1Cl)c1ccccc1OCc1ccc(Cl)cc1. The molecule has 0 saturated carbocycles. The Labute approximate surface area is 156 Å². The van der Waals surface area contributed by atoms with Crippen molar-refractivity contribution in [1.29, 1.82) is 0 Å². The molecule has 1 amide bonds. The average molecular weight is 372 g/mol. The van der Waals surface area contributed by atoms with Crippen molar-refractivity contribution in [2.24, 2.45) is 0 Å². The lowest BCUT2D eigenvalue weighted by molar-refractivity contribution is 0.102. The van der Waals surface area contributed by atoms with Crippen LogP contribution < -0.4 is 10.1 Å². The van der Waals surface area contributed by atoms with Gasteiger partial charge in [-0.2, -0.15) is 0 Å². The van der Waals surface area contributed by atoms with Crippen LogP contribution in [0.4, 0.5) is 5.69 Å². The topological polar surface area (TPSA) is 38.3 Å². The second-order valence-electron chi connectivity index (χ2n) is 5.35. The number of halogens is 2. The number of benzene rings is 3. The van der Waals surface area contributed by atoms with Crippen molar-refractivity contribution in [3.8, 4) is 5.75 Å². The van der Waals surface area contributed by atoms with Crippen LogP contribution in [0.15, 0.2) is 72.8 Å². The van der Waals surface area contributed by atoms with E-state index in [2.05, 4.69) is 5.32 Å². The minimum Gasteiger partial charge on any atom is -0.488 e. The molecule has 3 aromatic carbocycles. The summed E-state index contributed by atoms with van der Waals surface area (Å²) in [6.07, 6.45) is 0. The number of anilines is 1. The van der Waals surface area contributed by atoms with Gasteiger partial charge in [0.1, 0.15) is 12.4 Å². The molecule has 0 unspecified atom stereocenters. The van der Waals surface area contributed by atoms with E-state index in [-0.39, 0.29) is 5.91 Å². The van der Waals surface area contributed by atoms with E-state index in [4.69, 9.17) is 27.9 Å². The normalized spacial score (nSPS) is 10.3. The second kappa shape index (κ2) is 8.06. The maximum Gasteiger partial charge on any atom is 0.259 e. The number of rotatable bonds is 5. The van der Waals surface area contributed by atoms with Crippen molar-refractivity contribution in [3.63, 3.8) is 0 Å². The molecule has 0 aromatic heterocycles. The monoisotopic (exact) mass is 371 g/mol. The minimum atomic E-state index is -0.278. The van der Waals surface area contributed by atoms with E-state index in [0.29, 0.717) is 33.7 Å². The van der Waals surface area contributed by atoms with Crippen molar-refractivity contribution >= 4 is 34.8 Å². The van der Waals surface area contributed by atoms with E-state index < -0.39 is 0 Å². The molecule has 0 aliphatic heterocycles. The van der Waals surface area contributed by atoms with Crippen LogP contribution >= 0.6 is 23.2 Å². The quantitative estimate of drug-likeness (QED) is 0.612. The van der Waals surface area contributed by atoms with Gasteiger partial charge in [-0.25, -0.2) is 0 Å². The van der Waals surface area contributed by atoms with Crippen molar-refractivity contribution in [2.45, 2.75) is 6.61 Å². The maximum absolute atomic E-state index is 12.6. The zero-order valence-corrected chi connectivity index (χ0v) is 14.7. The molecule has 0 spiro atoms. The fraction of sp³-hybridized carbons (Fsp3) is 0.0500. The third kappa shape index (κ3) is 4.53. The van der Waals surface area contributed by atoms with E-state index in [0.717, 1.165) is 5.56 Å². The van der Waals surface area contributed by atoms with Crippen LogP contribution in [-0.2, 0) is 6.61 Å². The number of hydrogen-bond donors (Lipinski definition) is 1. The Morgan fingerprint density at radius 2 is 1.56 bits per heavy atom. The number of ether oxygens (including phenoxy) is 1. The van der Waals surface area contributed by atoms with Gasteiger partial charge < -0.3 is 10.1 Å². The van der Waals surface area contributed by atoms with Gasteiger partial charge in [0.15, 0.2) is 0 Å². The predicted molar refractivity (Wildman–Crippen MR) is 102 cm³/mol. The van der Waals surface area contributed by atoms with Gasteiger partial charge in [0.25, 0.3) is 5.91 Å². The van der Waals surface area contributed by atoms with Crippen LogP contribution in [0.5, 0.6) is 5.75 Å². The molecular weight excluding hydrogens is 357 g/mol. The molecule has 0 saturated heterocycles. The number of carbonyl (C=O) groups excluding carboxylic acids is 1. The standard InChI is InChI=1S/C20H15Cl2NO2/c21-15-11-9-14(10-12-15)13-25-19-8-4-1-5-16(19)20(24)23-18-7-3-2-6-17(18)22/h1-12H,13H2,(H,23,24). The van der Waals surface area contributed by atoms with Crippen LogP contribution in [0.3, 0.4) is 0 Å². The zero-order valence-electron chi connectivity index (χ0n) is 13.2. The summed E-state index contributed by atoms with van der Waals surface area (Å²) >= 11 is 12.0. The number of para-hydroxylation sites is 2. The Morgan fingerprint density at radius 3 is 2.32 bits per heavy atom. The molecule has 3 aromatic rings. The Hall–Kier alpha value is -2.49. The molecule has 0 aliphatic rings. The van der Waals surface area contributed by atoms with Gasteiger partial charge in [-0.15, -0.1) is 0 Å². The maximum atomic E-state index is 12.6. The summed E-state index contributed by atoms with van der Waals surface area (Å²) in [5.41, 5.74) is 1.96. The Morgan fingerprint density at radius 1 is 0.880 bits per heavy atom. The molecule has 3 rings (SSSR count). The first-order valence-corrected chi connectivity index (χ1v) is 8.41. The van der Waals surface area contributed by atoms with Gasteiger partial charge in [0.05, 0.1) is 16.3 Å². The molecule has 0 aliphatic carbocycles. The first-order chi connectivity index (χ1) is 12.1. The molecule has 0 bridgehead atoms. The van der Waals surface area contributed by atoms with Crippen molar-refractivity contribution in [2.75, 3.05) is 5.32 Å². The van der Waals surface area contributed by atoms with Crippen LogP contribution in [-0.4, -0.2) is 5.91 Å². The predicted octanol–water partition coefficient (Wildman–Crippen LogP) is 5.82. The highest BCUT2D eigenvalue weighted by Crippen LogP contribution is 2.24. The average Bonchev–Trinajstić information content (AvgIpc) is 2.63. The van der Waals surface area contributed by atoms with E-state index in [1.165, 1.54) is 0 Å². The number of hydrogen-bond acceptors (Lipinski definition) is 2. The molecule has 0 fully saturated rings. The van der Waals surface area contributed by atoms with E-state index >= 15 is 0 Å². The molecule has 126 valence electrons. The zero-order chi connectivity index (χ0) is 17.6. The summed E-state index contributed by atoms with van der Waals surface area (Å²) in [6.45, 7) is 0.341. The summed E-state index contributed by atoms with van der Waals surface area (Å²) in [5, 5.41) is 3.96. The summed E-state index contributed by atoms with van der Waals surface area (Å²) in [6, 6.07) is 21.5. The smallest absolute Gasteiger partial charge is 0.259 e.